The Morgan fingerprint density at radius 1 is 0.825 bits per heavy atom. The number of hydrogen-bond donors (Lipinski definition) is 1. The summed E-state index contributed by atoms with van der Waals surface area (Å²) in [5, 5.41) is 26.9. The van der Waals surface area contributed by atoms with Gasteiger partial charge in [-0.2, -0.15) is 0 Å². The van der Waals surface area contributed by atoms with Gasteiger partial charge in [-0.15, -0.1) is 0 Å². The van der Waals surface area contributed by atoms with Crippen LogP contribution >= 0.6 is 0 Å². The molecule has 0 saturated heterocycles. The van der Waals surface area contributed by atoms with Crippen LogP contribution in [0.4, 0.5) is 22.7 Å². The second kappa shape index (κ2) is 10.9. The number of rotatable bonds is 8. The maximum atomic E-state index is 13.8. The van der Waals surface area contributed by atoms with Crippen molar-refractivity contribution in [3.8, 4) is 28.3 Å². The number of aromatic nitrogens is 2. The number of imidazole rings is 1. The van der Waals surface area contributed by atoms with E-state index in [2.05, 4.69) is 10.3 Å². The number of ether oxygens (including phenoxy) is 1. The summed E-state index contributed by atoms with van der Waals surface area (Å²) in [5.41, 5.74) is 0.904. The fraction of sp³-hybridized carbons (Fsp3) is 0.0345. The normalized spacial score (nSPS) is 10.6. The molecule has 0 spiro atoms. The van der Waals surface area contributed by atoms with Crippen molar-refractivity contribution in [1.82, 2.24) is 9.55 Å². The second-order valence-corrected chi connectivity index (χ2v) is 8.61. The molecule has 1 heterocycles. The minimum absolute atomic E-state index is 0.243. The van der Waals surface area contributed by atoms with Crippen molar-refractivity contribution >= 4 is 28.7 Å². The molecule has 5 rings (SSSR count). The predicted octanol–water partition coefficient (Wildman–Crippen LogP) is 6.47. The number of hydrogen-bond acceptors (Lipinski definition) is 8. The number of anilines is 2. The molecule has 0 amide bonds. The summed E-state index contributed by atoms with van der Waals surface area (Å²) in [7, 11) is 1.49. The van der Waals surface area contributed by atoms with Gasteiger partial charge < -0.3 is 10.1 Å². The summed E-state index contributed by atoms with van der Waals surface area (Å²) in [5.74, 6) is -0.171. The Balaban J connectivity index is 1.64. The molecule has 0 aliphatic rings. The van der Waals surface area contributed by atoms with Gasteiger partial charge in [0.25, 0.3) is 5.91 Å². The maximum Gasteiger partial charge on any atom is 0.300 e. The number of nitro groups is 2. The van der Waals surface area contributed by atoms with Gasteiger partial charge in [-0.1, -0.05) is 60.7 Å². The number of nitrogens with one attached hydrogen (secondary N) is 1. The standard InChI is InChI=1S/C29H21N5O6/c1-40-23-14-12-22(13-15-23)31-27-24(33(36)37)16-21(17-25(27)34(38)39)29(35)32-18-30-26(19-8-4-2-5-9-19)28(32)20-10-6-3-7-11-20/h2-18,31H,1H3. The molecule has 198 valence electrons. The average Bonchev–Trinajstić information content (AvgIpc) is 3.43. The molecular weight excluding hydrogens is 514 g/mol. The SMILES string of the molecule is COc1ccc(Nc2c([N+](=O)[O-])cc(C(=O)n3cnc(-c4ccccc4)c3-c3ccccc3)cc2[N+](=O)[O-])cc1. The Hall–Kier alpha value is -5.84. The van der Waals surface area contributed by atoms with Crippen molar-refractivity contribution in [2.45, 2.75) is 0 Å². The van der Waals surface area contributed by atoms with Crippen LogP contribution in [0.2, 0.25) is 0 Å². The first-order valence-corrected chi connectivity index (χ1v) is 12.0. The molecule has 0 bridgehead atoms. The van der Waals surface area contributed by atoms with Crippen LogP contribution < -0.4 is 10.1 Å². The van der Waals surface area contributed by atoms with Crippen molar-refractivity contribution in [2.75, 3.05) is 12.4 Å². The van der Waals surface area contributed by atoms with E-state index in [1.54, 1.807) is 48.5 Å². The molecule has 5 aromatic rings. The summed E-state index contributed by atoms with van der Waals surface area (Å²) < 4.78 is 6.36. The van der Waals surface area contributed by atoms with E-state index in [1.165, 1.54) is 18.0 Å². The maximum absolute atomic E-state index is 13.8. The van der Waals surface area contributed by atoms with Gasteiger partial charge in [-0.05, 0) is 24.3 Å². The molecule has 11 heteroatoms. The first kappa shape index (κ1) is 25.8. The topological polar surface area (TPSA) is 142 Å². The Labute approximate surface area is 227 Å². The van der Waals surface area contributed by atoms with Gasteiger partial charge in [0.15, 0.2) is 5.69 Å². The summed E-state index contributed by atoms with van der Waals surface area (Å²) in [6.45, 7) is 0. The number of nitrogens with zero attached hydrogens (tertiary/aromatic N) is 4. The van der Waals surface area contributed by atoms with Crippen molar-refractivity contribution < 1.29 is 19.4 Å². The first-order chi connectivity index (χ1) is 19.4. The summed E-state index contributed by atoms with van der Waals surface area (Å²) >= 11 is 0. The monoisotopic (exact) mass is 535 g/mol. The fourth-order valence-corrected chi connectivity index (χ4v) is 4.29. The zero-order valence-electron chi connectivity index (χ0n) is 21.1. The molecule has 0 aliphatic carbocycles. The zero-order chi connectivity index (χ0) is 28.2. The van der Waals surface area contributed by atoms with Crippen LogP contribution in [0, 0.1) is 20.2 Å². The van der Waals surface area contributed by atoms with E-state index in [0.29, 0.717) is 28.4 Å². The third kappa shape index (κ3) is 4.98. The third-order valence-electron chi connectivity index (χ3n) is 6.18. The Bertz CT molecular complexity index is 1680. The molecule has 4 aromatic carbocycles. The van der Waals surface area contributed by atoms with Crippen molar-refractivity contribution in [3.63, 3.8) is 0 Å². The highest BCUT2D eigenvalue weighted by Gasteiger charge is 2.30. The Morgan fingerprint density at radius 3 is 1.90 bits per heavy atom. The molecule has 1 aromatic heterocycles. The van der Waals surface area contributed by atoms with Gasteiger partial charge >= 0.3 is 11.4 Å². The lowest BCUT2D eigenvalue weighted by atomic mass is 10.0. The van der Waals surface area contributed by atoms with Crippen molar-refractivity contribution in [3.05, 3.63) is 129 Å². The zero-order valence-corrected chi connectivity index (χ0v) is 21.1. The van der Waals surface area contributed by atoms with E-state index in [1.807, 2.05) is 36.4 Å². The summed E-state index contributed by atoms with van der Waals surface area (Å²) in [4.78, 5) is 40.9. The highest BCUT2D eigenvalue weighted by molar-refractivity contribution is 6.02. The van der Waals surface area contributed by atoms with E-state index >= 15 is 0 Å². The van der Waals surface area contributed by atoms with E-state index in [4.69, 9.17) is 4.74 Å². The number of carbonyl (C=O) groups excluding carboxylic acids is 1. The smallest absolute Gasteiger partial charge is 0.300 e. The minimum Gasteiger partial charge on any atom is -0.497 e. The van der Waals surface area contributed by atoms with E-state index in [9.17, 15) is 25.0 Å². The summed E-state index contributed by atoms with van der Waals surface area (Å²) in [6, 6.07) is 26.7. The molecule has 40 heavy (non-hydrogen) atoms. The number of benzene rings is 4. The van der Waals surface area contributed by atoms with Gasteiger partial charge in [0, 0.05) is 28.9 Å². The Kier molecular flexibility index (Phi) is 7.01. The quantitative estimate of drug-likeness (QED) is 0.176. The van der Waals surface area contributed by atoms with Gasteiger partial charge in [0.05, 0.1) is 33.9 Å². The lowest BCUT2D eigenvalue weighted by Crippen LogP contribution is -2.14. The third-order valence-corrected chi connectivity index (χ3v) is 6.18. The average molecular weight is 536 g/mol. The lowest BCUT2D eigenvalue weighted by Gasteiger charge is -2.12. The summed E-state index contributed by atoms with van der Waals surface area (Å²) in [6.07, 6.45) is 1.31. The van der Waals surface area contributed by atoms with Crippen LogP contribution in [0.25, 0.3) is 22.5 Å². The van der Waals surface area contributed by atoms with Crippen LogP contribution in [-0.4, -0.2) is 32.4 Å². The second-order valence-electron chi connectivity index (χ2n) is 8.61. The number of methoxy groups -OCH3 is 1. The van der Waals surface area contributed by atoms with Crippen molar-refractivity contribution in [2.24, 2.45) is 0 Å². The van der Waals surface area contributed by atoms with Gasteiger partial charge in [0.1, 0.15) is 12.1 Å². The fourth-order valence-electron chi connectivity index (χ4n) is 4.29. The largest absolute Gasteiger partial charge is 0.497 e. The van der Waals surface area contributed by atoms with Crippen LogP contribution in [0.5, 0.6) is 5.75 Å². The van der Waals surface area contributed by atoms with E-state index < -0.39 is 27.1 Å². The number of carbonyl (C=O) groups is 1. The van der Waals surface area contributed by atoms with Gasteiger partial charge in [-0.3, -0.25) is 29.6 Å². The van der Waals surface area contributed by atoms with Crippen LogP contribution in [0.1, 0.15) is 10.4 Å². The van der Waals surface area contributed by atoms with Crippen molar-refractivity contribution in [1.29, 1.82) is 0 Å². The molecular formula is C29H21N5O6. The number of nitro benzene ring substituents is 2. The molecule has 11 nitrogen and oxygen atoms in total. The van der Waals surface area contributed by atoms with Crippen LogP contribution in [0.15, 0.2) is 103 Å². The Morgan fingerprint density at radius 2 is 1.38 bits per heavy atom. The van der Waals surface area contributed by atoms with E-state index in [0.717, 1.165) is 17.7 Å². The van der Waals surface area contributed by atoms with Gasteiger partial charge in [0.2, 0.25) is 0 Å². The highest BCUT2D eigenvalue weighted by Crippen LogP contribution is 2.39. The predicted molar refractivity (Wildman–Crippen MR) is 149 cm³/mol. The molecule has 0 fully saturated rings. The first-order valence-electron chi connectivity index (χ1n) is 12.0. The van der Waals surface area contributed by atoms with E-state index in [-0.39, 0.29) is 11.3 Å². The molecule has 0 saturated carbocycles. The highest BCUT2D eigenvalue weighted by atomic mass is 16.6. The van der Waals surface area contributed by atoms with Crippen LogP contribution in [-0.2, 0) is 0 Å². The molecule has 0 unspecified atom stereocenters. The minimum atomic E-state index is -0.767. The van der Waals surface area contributed by atoms with Crippen LogP contribution in [0.3, 0.4) is 0 Å². The molecule has 0 aliphatic heterocycles. The molecule has 0 atom stereocenters. The van der Waals surface area contributed by atoms with Gasteiger partial charge in [-0.25, -0.2) is 4.98 Å². The molecule has 0 radical (unpaired) electrons. The molecule has 1 N–H and O–H groups in total. The lowest BCUT2D eigenvalue weighted by molar-refractivity contribution is -0.392.